The molecule has 210 valence electrons. The molecule has 2 aromatic heterocycles. The number of methoxy groups -OCH3 is 1. The first-order valence-electron chi connectivity index (χ1n) is 13.6. The topological polar surface area (TPSA) is 99.7 Å². The molecule has 6 rings (SSSR count). The summed E-state index contributed by atoms with van der Waals surface area (Å²) in [5.41, 5.74) is 3.14. The van der Waals surface area contributed by atoms with Gasteiger partial charge in [-0.3, -0.25) is 0 Å². The van der Waals surface area contributed by atoms with E-state index in [1.165, 1.54) is 56.4 Å². The Balaban J connectivity index is 1.23. The first-order chi connectivity index (χ1) is 19.4. The Hall–Kier alpha value is -3.41. The number of sulfone groups is 1. The van der Waals surface area contributed by atoms with E-state index in [2.05, 4.69) is 32.6 Å². The van der Waals surface area contributed by atoms with Crippen LogP contribution in [0.15, 0.2) is 58.8 Å². The summed E-state index contributed by atoms with van der Waals surface area (Å²) in [5, 5.41) is 8.51. The average Bonchev–Trinajstić information content (AvgIpc) is 3.66. The van der Waals surface area contributed by atoms with Gasteiger partial charge in [0.1, 0.15) is 5.75 Å². The van der Waals surface area contributed by atoms with Crippen LogP contribution in [0.4, 0.5) is 28.8 Å². The molecule has 0 amide bonds. The van der Waals surface area contributed by atoms with Crippen LogP contribution in [0.2, 0.25) is 0 Å². The number of para-hydroxylation sites is 1. The molecule has 2 fully saturated rings. The third-order valence-corrected chi connectivity index (χ3v) is 9.83. The van der Waals surface area contributed by atoms with Crippen LogP contribution in [0.5, 0.6) is 5.75 Å². The normalized spacial score (nSPS) is 16.9. The lowest BCUT2D eigenvalue weighted by atomic mass is 10.0. The van der Waals surface area contributed by atoms with Crippen LogP contribution in [0.25, 0.3) is 10.2 Å². The van der Waals surface area contributed by atoms with E-state index in [1.807, 2.05) is 17.5 Å². The van der Waals surface area contributed by atoms with Crippen molar-refractivity contribution in [1.82, 2.24) is 14.9 Å². The minimum absolute atomic E-state index is 0.217. The summed E-state index contributed by atoms with van der Waals surface area (Å²) < 4.78 is 31.3. The fourth-order valence-corrected chi connectivity index (χ4v) is 7.34. The standard InChI is InChI=1S/C29H34N6O3S2/c1-38-25-19-21(35-16-11-20(12-17-35)34-14-5-6-15-34)9-10-22(25)31-29-32-24-13-18-39-27(24)28(33-29)30-23-7-3-4-8-26(23)40(2,36)37/h3-4,7-10,13,18-20H,5-6,11-12,14-17H2,1-2H3,(H2,30,31,32,33). The Kier molecular flexibility index (Phi) is 7.52. The van der Waals surface area contributed by atoms with Crippen molar-refractivity contribution in [2.45, 2.75) is 36.6 Å². The summed E-state index contributed by atoms with van der Waals surface area (Å²) in [7, 11) is -1.75. The summed E-state index contributed by atoms with van der Waals surface area (Å²) in [6.45, 7) is 4.58. The smallest absolute Gasteiger partial charge is 0.229 e. The van der Waals surface area contributed by atoms with Crippen LogP contribution in [-0.2, 0) is 9.84 Å². The number of anilines is 5. The third-order valence-electron chi connectivity index (χ3n) is 7.76. The Morgan fingerprint density at radius 2 is 1.73 bits per heavy atom. The Labute approximate surface area is 239 Å². The summed E-state index contributed by atoms with van der Waals surface area (Å²) in [5.74, 6) is 1.64. The lowest BCUT2D eigenvalue weighted by Crippen LogP contribution is -2.43. The first kappa shape index (κ1) is 26.8. The SMILES string of the molecule is COc1cc(N2CCC(N3CCCC3)CC2)ccc1Nc1nc(Nc2ccccc2S(C)(=O)=O)c2sccc2n1. The zero-order valence-corrected chi connectivity index (χ0v) is 24.4. The number of nitrogens with zero attached hydrogens (tertiary/aromatic N) is 4. The molecule has 0 saturated carbocycles. The van der Waals surface area contributed by atoms with Gasteiger partial charge < -0.3 is 25.2 Å². The molecule has 9 nitrogen and oxygen atoms in total. The Morgan fingerprint density at radius 3 is 2.48 bits per heavy atom. The number of likely N-dealkylation sites (tertiary alicyclic amines) is 1. The van der Waals surface area contributed by atoms with Crippen LogP contribution < -0.4 is 20.3 Å². The van der Waals surface area contributed by atoms with E-state index in [4.69, 9.17) is 14.7 Å². The van der Waals surface area contributed by atoms with Gasteiger partial charge in [-0.15, -0.1) is 11.3 Å². The summed E-state index contributed by atoms with van der Waals surface area (Å²) in [6, 6.07) is 15.7. The number of hydrogen-bond acceptors (Lipinski definition) is 10. The molecule has 2 aromatic carbocycles. The highest BCUT2D eigenvalue weighted by Gasteiger charge is 2.27. The molecule has 0 unspecified atom stereocenters. The second kappa shape index (κ2) is 11.2. The van der Waals surface area contributed by atoms with E-state index >= 15 is 0 Å². The fourth-order valence-electron chi connectivity index (χ4n) is 5.72. The highest BCUT2D eigenvalue weighted by molar-refractivity contribution is 7.90. The number of benzene rings is 2. The molecule has 0 atom stereocenters. The number of piperidine rings is 1. The number of nitrogens with one attached hydrogen (secondary N) is 2. The largest absolute Gasteiger partial charge is 0.494 e. The van der Waals surface area contributed by atoms with Gasteiger partial charge in [-0.05, 0) is 74.5 Å². The maximum atomic E-state index is 12.4. The molecule has 0 radical (unpaired) electrons. The summed E-state index contributed by atoms with van der Waals surface area (Å²) in [4.78, 5) is 14.7. The van der Waals surface area contributed by atoms with Crippen molar-refractivity contribution in [3.63, 3.8) is 0 Å². The van der Waals surface area contributed by atoms with Crippen molar-refractivity contribution in [3.05, 3.63) is 53.9 Å². The van der Waals surface area contributed by atoms with E-state index < -0.39 is 9.84 Å². The van der Waals surface area contributed by atoms with Crippen LogP contribution >= 0.6 is 11.3 Å². The van der Waals surface area contributed by atoms with Crippen molar-refractivity contribution < 1.29 is 13.2 Å². The van der Waals surface area contributed by atoms with E-state index in [1.54, 1.807) is 31.4 Å². The van der Waals surface area contributed by atoms with Crippen molar-refractivity contribution in [1.29, 1.82) is 0 Å². The van der Waals surface area contributed by atoms with Crippen molar-refractivity contribution in [2.75, 3.05) is 55.1 Å². The minimum Gasteiger partial charge on any atom is -0.494 e. The molecule has 0 aliphatic carbocycles. The molecule has 0 bridgehead atoms. The number of aromatic nitrogens is 2. The van der Waals surface area contributed by atoms with Gasteiger partial charge in [-0.2, -0.15) is 4.98 Å². The van der Waals surface area contributed by atoms with E-state index in [9.17, 15) is 8.42 Å². The minimum atomic E-state index is -3.42. The van der Waals surface area contributed by atoms with Gasteiger partial charge in [0.05, 0.1) is 33.6 Å². The van der Waals surface area contributed by atoms with Crippen LogP contribution in [0, 0.1) is 0 Å². The second-order valence-electron chi connectivity index (χ2n) is 10.4. The molecule has 0 spiro atoms. The van der Waals surface area contributed by atoms with E-state index in [-0.39, 0.29) is 4.90 Å². The van der Waals surface area contributed by atoms with Gasteiger partial charge in [0.2, 0.25) is 5.95 Å². The highest BCUT2D eigenvalue weighted by Crippen LogP contribution is 2.36. The van der Waals surface area contributed by atoms with Crippen LogP contribution in [-0.4, -0.2) is 68.9 Å². The molecular formula is C29H34N6O3S2. The third kappa shape index (κ3) is 5.59. The molecule has 2 saturated heterocycles. The van der Waals surface area contributed by atoms with Gasteiger partial charge in [-0.25, -0.2) is 13.4 Å². The molecule has 2 aliphatic rings. The van der Waals surface area contributed by atoms with Gasteiger partial charge in [0.25, 0.3) is 0 Å². The first-order valence-corrected chi connectivity index (χ1v) is 16.4. The van der Waals surface area contributed by atoms with E-state index in [0.29, 0.717) is 29.2 Å². The van der Waals surface area contributed by atoms with Crippen LogP contribution in [0.3, 0.4) is 0 Å². The lowest BCUT2D eigenvalue weighted by molar-refractivity contribution is 0.208. The number of fused-ring (bicyclic) bond motifs is 1. The number of ether oxygens (including phenoxy) is 1. The predicted octanol–water partition coefficient (Wildman–Crippen LogP) is 5.66. The molecule has 4 heterocycles. The summed E-state index contributed by atoms with van der Waals surface area (Å²) in [6.07, 6.45) is 6.25. The second-order valence-corrected chi connectivity index (χ2v) is 13.3. The maximum Gasteiger partial charge on any atom is 0.229 e. The molecular weight excluding hydrogens is 544 g/mol. The van der Waals surface area contributed by atoms with Crippen LogP contribution in [0.1, 0.15) is 25.7 Å². The van der Waals surface area contributed by atoms with Gasteiger partial charge in [-0.1, -0.05) is 12.1 Å². The van der Waals surface area contributed by atoms with Gasteiger partial charge in [0.15, 0.2) is 15.7 Å². The zero-order chi connectivity index (χ0) is 27.7. The highest BCUT2D eigenvalue weighted by atomic mass is 32.2. The molecule has 11 heteroatoms. The predicted molar refractivity (Wildman–Crippen MR) is 163 cm³/mol. The zero-order valence-electron chi connectivity index (χ0n) is 22.8. The molecule has 40 heavy (non-hydrogen) atoms. The quantitative estimate of drug-likeness (QED) is 0.275. The lowest BCUT2D eigenvalue weighted by Gasteiger charge is -2.38. The fraction of sp³-hybridized carbons (Fsp3) is 0.379. The Bertz CT molecular complexity index is 1610. The number of thiophene rings is 1. The summed E-state index contributed by atoms with van der Waals surface area (Å²) >= 11 is 1.50. The maximum absolute atomic E-state index is 12.4. The molecule has 4 aromatic rings. The van der Waals surface area contributed by atoms with E-state index in [0.717, 1.165) is 34.7 Å². The monoisotopic (exact) mass is 578 g/mol. The molecule has 2 N–H and O–H groups in total. The van der Waals surface area contributed by atoms with Crippen molar-refractivity contribution in [3.8, 4) is 5.75 Å². The van der Waals surface area contributed by atoms with Gasteiger partial charge >= 0.3 is 0 Å². The number of hydrogen-bond donors (Lipinski definition) is 2. The van der Waals surface area contributed by atoms with Crippen molar-refractivity contribution in [2.24, 2.45) is 0 Å². The average molecular weight is 579 g/mol. The van der Waals surface area contributed by atoms with Crippen molar-refractivity contribution >= 4 is 60.2 Å². The van der Waals surface area contributed by atoms with Gasteiger partial charge in [0, 0.05) is 37.1 Å². The molecule has 2 aliphatic heterocycles. The Morgan fingerprint density at radius 1 is 0.950 bits per heavy atom. The number of rotatable bonds is 8.